The number of carbonyl (C=O) groups is 1. The van der Waals surface area contributed by atoms with Crippen LogP contribution in [0.4, 0.5) is 0 Å². The predicted molar refractivity (Wildman–Crippen MR) is 89.4 cm³/mol. The third kappa shape index (κ3) is 3.79. The van der Waals surface area contributed by atoms with E-state index in [9.17, 15) is 4.79 Å². The van der Waals surface area contributed by atoms with E-state index in [1.54, 1.807) is 43.3 Å². The van der Waals surface area contributed by atoms with E-state index < -0.39 is 6.10 Å². The molecule has 0 radical (unpaired) electrons. The molecule has 0 aliphatic rings. The number of rotatable bonds is 5. The summed E-state index contributed by atoms with van der Waals surface area (Å²) in [5.41, 5.74) is 0.812. The maximum absolute atomic E-state index is 10.6. The number of pyridine rings is 1. The summed E-state index contributed by atoms with van der Waals surface area (Å²) < 4.78 is 11.1. The minimum absolute atomic E-state index is 0.476. The maximum atomic E-state index is 10.6. The van der Waals surface area contributed by atoms with Crippen molar-refractivity contribution in [2.45, 2.75) is 13.0 Å². The van der Waals surface area contributed by atoms with Gasteiger partial charge in [0, 0.05) is 16.5 Å². The number of benzene rings is 2. The molecule has 0 saturated carbocycles. The van der Waals surface area contributed by atoms with Crippen LogP contribution in [0.3, 0.4) is 0 Å². The van der Waals surface area contributed by atoms with Crippen LogP contribution in [-0.4, -0.2) is 17.4 Å². The number of ether oxygens (including phenoxy) is 2. The second-order valence-corrected chi connectivity index (χ2v) is 5.46. The van der Waals surface area contributed by atoms with Gasteiger partial charge in [-0.05, 0) is 55.5 Å². The first-order valence-electron chi connectivity index (χ1n) is 7.10. The van der Waals surface area contributed by atoms with Gasteiger partial charge in [-0.3, -0.25) is 4.79 Å². The van der Waals surface area contributed by atoms with Crippen LogP contribution in [0.25, 0.3) is 10.9 Å². The molecular formula is C18H14ClNO3. The normalized spacial score (nSPS) is 11.9. The smallest absolute Gasteiger partial charge is 0.219 e. The zero-order valence-electron chi connectivity index (χ0n) is 12.4. The Balaban J connectivity index is 1.76. The second-order valence-electron chi connectivity index (χ2n) is 5.02. The van der Waals surface area contributed by atoms with Crippen molar-refractivity contribution in [3.63, 3.8) is 0 Å². The molecule has 0 aliphatic carbocycles. The van der Waals surface area contributed by atoms with Crippen LogP contribution < -0.4 is 9.47 Å². The number of carbonyl (C=O) groups excluding carboxylic acids is 1. The largest absolute Gasteiger partial charge is 0.483 e. The van der Waals surface area contributed by atoms with Crippen molar-refractivity contribution in [3.05, 3.63) is 59.6 Å². The third-order valence-corrected chi connectivity index (χ3v) is 3.42. The zero-order chi connectivity index (χ0) is 16.2. The molecule has 0 bridgehead atoms. The van der Waals surface area contributed by atoms with Crippen LogP contribution in [0.15, 0.2) is 54.6 Å². The number of aldehydes is 1. The lowest BCUT2D eigenvalue weighted by Crippen LogP contribution is -2.12. The number of hydrogen-bond donors (Lipinski definition) is 0. The van der Waals surface area contributed by atoms with Crippen molar-refractivity contribution < 1.29 is 14.3 Å². The van der Waals surface area contributed by atoms with Gasteiger partial charge >= 0.3 is 0 Å². The molecule has 0 fully saturated rings. The van der Waals surface area contributed by atoms with Gasteiger partial charge < -0.3 is 9.47 Å². The van der Waals surface area contributed by atoms with Crippen molar-refractivity contribution in [2.75, 3.05) is 0 Å². The first kappa shape index (κ1) is 15.3. The molecule has 1 atom stereocenters. The SMILES string of the molecule is C[C@H](C=O)Oc1ccc(Oc2ccc3cc(Cl)ccc3n2)cc1. The number of fused-ring (bicyclic) bond motifs is 1. The minimum atomic E-state index is -0.476. The van der Waals surface area contributed by atoms with Gasteiger partial charge in [-0.1, -0.05) is 11.6 Å². The first-order valence-corrected chi connectivity index (χ1v) is 7.48. The van der Waals surface area contributed by atoms with Gasteiger partial charge in [-0.25, -0.2) is 4.98 Å². The third-order valence-electron chi connectivity index (χ3n) is 3.19. The Hall–Kier alpha value is -2.59. The predicted octanol–water partition coefficient (Wildman–Crippen LogP) is 4.65. The van der Waals surface area contributed by atoms with Crippen molar-refractivity contribution >= 4 is 28.8 Å². The van der Waals surface area contributed by atoms with Crippen LogP contribution in [-0.2, 0) is 4.79 Å². The van der Waals surface area contributed by atoms with Crippen LogP contribution in [0.1, 0.15) is 6.92 Å². The Kier molecular flexibility index (Phi) is 4.44. The number of nitrogens with zero attached hydrogens (tertiary/aromatic N) is 1. The molecule has 0 spiro atoms. The topological polar surface area (TPSA) is 48.4 Å². The lowest BCUT2D eigenvalue weighted by Gasteiger charge is -2.10. The van der Waals surface area contributed by atoms with Gasteiger partial charge in [0.2, 0.25) is 5.88 Å². The van der Waals surface area contributed by atoms with Gasteiger partial charge in [0.15, 0.2) is 12.4 Å². The monoisotopic (exact) mass is 327 g/mol. The average molecular weight is 328 g/mol. The molecule has 0 N–H and O–H groups in total. The van der Waals surface area contributed by atoms with Gasteiger partial charge in [0.25, 0.3) is 0 Å². The van der Waals surface area contributed by atoms with E-state index in [2.05, 4.69) is 4.98 Å². The number of hydrogen-bond acceptors (Lipinski definition) is 4. The summed E-state index contributed by atoms with van der Waals surface area (Å²) in [6, 6.07) is 16.2. The van der Waals surface area contributed by atoms with E-state index in [4.69, 9.17) is 21.1 Å². The number of halogens is 1. The molecule has 0 aliphatic heterocycles. The first-order chi connectivity index (χ1) is 11.1. The van der Waals surface area contributed by atoms with Crippen molar-refractivity contribution in [1.29, 1.82) is 0 Å². The molecule has 116 valence electrons. The zero-order valence-corrected chi connectivity index (χ0v) is 13.2. The molecule has 1 aromatic heterocycles. The average Bonchev–Trinajstić information content (AvgIpc) is 2.56. The molecule has 3 rings (SSSR count). The van der Waals surface area contributed by atoms with Crippen molar-refractivity contribution in [1.82, 2.24) is 4.98 Å². The summed E-state index contributed by atoms with van der Waals surface area (Å²) in [6.45, 7) is 1.68. The molecule has 0 unspecified atom stereocenters. The molecule has 3 aromatic rings. The summed E-state index contributed by atoms with van der Waals surface area (Å²) in [5.74, 6) is 1.74. The van der Waals surface area contributed by atoms with Gasteiger partial charge in [0.1, 0.15) is 11.5 Å². The highest BCUT2D eigenvalue weighted by atomic mass is 35.5. The Morgan fingerprint density at radius 2 is 1.78 bits per heavy atom. The molecule has 0 amide bonds. The summed E-state index contributed by atoms with van der Waals surface area (Å²) in [4.78, 5) is 15.0. The van der Waals surface area contributed by atoms with Crippen molar-refractivity contribution in [3.8, 4) is 17.4 Å². The quantitative estimate of drug-likeness (QED) is 0.640. The standard InChI is InChI=1S/C18H14ClNO3/c1-12(11-21)22-15-4-6-16(7-5-15)23-18-9-2-13-10-14(19)3-8-17(13)20-18/h2-12H,1H3/t12-/m1/s1. The highest BCUT2D eigenvalue weighted by molar-refractivity contribution is 6.31. The van der Waals surface area contributed by atoms with E-state index in [1.165, 1.54) is 0 Å². The molecule has 23 heavy (non-hydrogen) atoms. The van der Waals surface area contributed by atoms with Crippen LogP contribution >= 0.6 is 11.6 Å². The molecule has 5 heteroatoms. The summed E-state index contributed by atoms with van der Waals surface area (Å²) in [6.07, 6.45) is 0.270. The highest BCUT2D eigenvalue weighted by Crippen LogP contribution is 2.25. The Bertz CT molecular complexity index is 833. The fraction of sp³-hybridized carbons (Fsp3) is 0.111. The highest BCUT2D eigenvalue weighted by Gasteiger charge is 2.04. The lowest BCUT2D eigenvalue weighted by atomic mass is 10.2. The molecule has 4 nitrogen and oxygen atoms in total. The van der Waals surface area contributed by atoms with E-state index in [0.717, 1.165) is 17.2 Å². The maximum Gasteiger partial charge on any atom is 0.219 e. The minimum Gasteiger partial charge on any atom is -0.483 e. The summed E-state index contributed by atoms with van der Waals surface area (Å²) >= 11 is 5.96. The van der Waals surface area contributed by atoms with Crippen LogP contribution in [0.5, 0.6) is 17.4 Å². The Morgan fingerprint density at radius 1 is 1.04 bits per heavy atom. The summed E-state index contributed by atoms with van der Waals surface area (Å²) in [5, 5.41) is 1.63. The molecular weight excluding hydrogens is 314 g/mol. The van der Waals surface area contributed by atoms with Crippen LogP contribution in [0, 0.1) is 0 Å². The lowest BCUT2D eigenvalue weighted by molar-refractivity contribution is -0.113. The van der Waals surface area contributed by atoms with E-state index in [0.29, 0.717) is 22.4 Å². The van der Waals surface area contributed by atoms with Gasteiger partial charge in [-0.15, -0.1) is 0 Å². The molecule has 2 aromatic carbocycles. The summed E-state index contributed by atoms with van der Waals surface area (Å²) in [7, 11) is 0. The van der Waals surface area contributed by atoms with E-state index in [-0.39, 0.29) is 0 Å². The van der Waals surface area contributed by atoms with E-state index in [1.807, 2.05) is 18.2 Å². The fourth-order valence-electron chi connectivity index (χ4n) is 2.08. The Morgan fingerprint density at radius 3 is 2.52 bits per heavy atom. The van der Waals surface area contributed by atoms with Crippen molar-refractivity contribution in [2.24, 2.45) is 0 Å². The van der Waals surface area contributed by atoms with Crippen LogP contribution in [0.2, 0.25) is 5.02 Å². The Labute approximate surface area is 138 Å². The fourth-order valence-corrected chi connectivity index (χ4v) is 2.26. The molecule has 0 saturated heterocycles. The van der Waals surface area contributed by atoms with Gasteiger partial charge in [0.05, 0.1) is 5.52 Å². The second kappa shape index (κ2) is 6.67. The van der Waals surface area contributed by atoms with E-state index >= 15 is 0 Å². The van der Waals surface area contributed by atoms with Gasteiger partial charge in [-0.2, -0.15) is 0 Å². The molecule has 1 heterocycles. The number of aromatic nitrogens is 1.